The number of para-hydroxylation sites is 2. The van der Waals surface area contributed by atoms with Crippen LogP contribution in [-0.4, -0.2) is 34.6 Å². The van der Waals surface area contributed by atoms with Crippen molar-refractivity contribution in [3.63, 3.8) is 0 Å². The van der Waals surface area contributed by atoms with Gasteiger partial charge in [-0.3, -0.25) is 19.5 Å². The molecule has 0 unspecified atom stereocenters. The van der Waals surface area contributed by atoms with E-state index >= 15 is 0 Å². The van der Waals surface area contributed by atoms with Crippen molar-refractivity contribution in [1.82, 2.24) is 4.98 Å². The summed E-state index contributed by atoms with van der Waals surface area (Å²) in [7, 11) is 0. The van der Waals surface area contributed by atoms with Crippen molar-refractivity contribution in [2.45, 2.75) is 38.7 Å². The summed E-state index contributed by atoms with van der Waals surface area (Å²) in [6, 6.07) is 22.4. The molecule has 2 fully saturated rings. The van der Waals surface area contributed by atoms with Gasteiger partial charge >= 0.3 is 0 Å². The molecule has 3 aliphatic rings. The lowest BCUT2D eigenvalue weighted by Crippen LogP contribution is -2.34. The molecule has 198 valence electrons. The number of benzene rings is 2. The molecule has 4 atom stereocenters. The number of amides is 2. The molecule has 3 heterocycles. The van der Waals surface area contributed by atoms with Crippen LogP contribution in [0.25, 0.3) is 11.6 Å². The topological polar surface area (TPSA) is 79.7 Å². The number of rotatable bonds is 7. The summed E-state index contributed by atoms with van der Waals surface area (Å²) in [6.45, 7) is 2.58. The number of carbonyl (C=O) groups excluding carboxylic acids is 2. The Balaban J connectivity index is 1.27. The molecule has 39 heavy (non-hydrogen) atoms. The van der Waals surface area contributed by atoms with Crippen LogP contribution in [0.1, 0.15) is 43.9 Å². The third-order valence-electron chi connectivity index (χ3n) is 8.39. The summed E-state index contributed by atoms with van der Waals surface area (Å²) in [4.78, 5) is 33.1. The number of hydrogen-bond donors (Lipinski definition) is 1. The second-order valence-electron chi connectivity index (χ2n) is 10.5. The molecule has 6 rings (SSSR count). The second kappa shape index (κ2) is 10.6. The van der Waals surface area contributed by atoms with Crippen molar-refractivity contribution in [1.29, 1.82) is 0 Å². The Morgan fingerprint density at radius 1 is 1.00 bits per heavy atom. The van der Waals surface area contributed by atoms with Crippen molar-refractivity contribution in [3.8, 4) is 5.75 Å². The van der Waals surface area contributed by atoms with Crippen LogP contribution in [0.2, 0.25) is 0 Å². The zero-order valence-electron chi connectivity index (χ0n) is 22.0. The first-order valence-electron chi connectivity index (χ1n) is 13.7. The first-order chi connectivity index (χ1) is 19.1. The number of aromatic hydroxyl groups is 1. The predicted octanol–water partition coefficient (Wildman–Crippen LogP) is 6.04. The number of aromatic nitrogens is 1. The molecule has 2 aromatic carbocycles. The highest BCUT2D eigenvalue weighted by Gasteiger charge is 2.57. The highest BCUT2D eigenvalue weighted by Crippen LogP contribution is 2.51. The quantitative estimate of drug-likeness (QED) is 0.304. The van der Waals surface area contributed by atoms with Crippen molar-refractivity contribution < 1.29 is 19.4 Å². The number of nitrogens with zero attached hydrogens (tertiary/aromatic N) is 2. The van der Waals surface area contributed by atoms with E-state index < -0.39 is 0 Å². The van der Waals surface area contributed by atoms with E-state index in [2.05, 4.69) is 11.9 Å². The summed E-state index contributed by atoms with van der Waals surface area (Å²) in [6.07, 6.45) is 6.53. The summed E-state index contributed by atoms with van der Waals surface area (Å²) in [5, 5.41) is 10.4. The Labute approximate surface area is 228 Å². The number of allylic oxidation sites excluding steroid dienone is 2. The number of ether oxygens (including phenoxy) is 1. The minimum atomic E-state index is -0.375. The first-order valence-corrected chi connectivity index (χ1v) is 13.7. The van der Waals surface area contributed by atoms with Crippen LogP contribution in [0.5, 0.6) is 5.75 Å². The molecule has 3 aromatic rings. The van der Waals surface area contributed by atoms with Gasteiger partial charge in [0.15, 0.2) is 0 Å². The molecule has 6 heteroatoms. The lowest BCUT2D eigenvalue weighted by Gasteiger charge is -2.31. The number of pyridine rings is 1. The summed E-state index contributed by atoms with van der Waals surface area (Å²) in [5.41, 5.74) is 5.74. The molecular weight excluding hydrogens is 488 g/mol. The van der Waals surface area contributed by atoms with E-state index in [0.717, 1.165) is 29.7 Å². The molecule has 0 bridgehead atoms. The highest BCUT2D eigenvalue weighted by atomic mass is 16.5. The fraction of sp³-hybridized carbons (Fsp3) is 0.303. The molecule has 0 radical (unpaired) electrons. The Morgan fingerprint density at radius 2 is 1.77 bits per heavy atom. The molecular formula is C33H32N2O4. The van der Waals surface area contributed by atoms with E-state index in [1.165, 1.54) is 16.0 Å². The van der Waals surface area contributed by atoms with Gasteiger partial charge in [-0.1, -0.05) is 55.0 Å². The second-order valence-corrected chi connectivity index (χ2v) is 10.5. The van der Waals surface area contributed by atoms with Crippen molar-refractivity contribution in [2.75, 3.05) is 11.5 Å². The van der Waals surface area contributed by atoms with Gasteiger partial charge in [0.2, 0.25) is 11.8 Å². The van der Waals surface area contributed by atoms with E-state index in [-0.39, 0.29) is 41.4 Å². The zero-order valence-corrected chi connectivity index (χ0v) is 22.0. The van der Waals surface area contributed by atoms with Gasteiger partial charge in [0.25, 0.3) is 0 Å². The average molecular weight is 521 g/mol. The van der Waals surface area contributed by atoms with Crippen LogP contribution in [0.4, 0.5) is 5.69 Å². The third kappa shape index (κ3) is 4.59. The van der Waals surface area contributed by atoms with Gasteiger partial charge in [-0.05, 0) is 73.2 Å². The van der Waals surface area contributed by atoms with E-state index in [9.17, 15) is 14.7 Å². The molecule has 1 aliphatic carbocycles. The van der Waals surface area contributed by atoms with Crippen molar-refractivity contribution in [2.24, 2.45) is 17.8 Å². The predicted molar refractivity (Wildman–Crippen MR) is 151 cm³/mol. The summed E-state index contributed by atoms with van der Waals surface area (Å²) < 4.78 is 6.39. The molecule has 2 saturated heterocycles. The molecule has 0 spiro atoms. The van der Waals surface area contributed by atoms with Crippen LogP contribution in [0.15, 0.2) is 90.1 Å². The Kier molecular flexibility index (Phi) is 6.88. The Bertz CT molecular complexity index is 1450. The van der Waals surface area contributed by atoms with Gasteiger partial charge in [-0.25, -0.2) is 0 Å². The lowest BCUT2D eigenvalue weighted by molar-refractivity contribution is -0.122. The molecule has 2 amide bonds. The largest absolute Gasteiger partial charge is 0.507 e. The van der Waals surface area contributed by atoms with Crippen LogP contribution in [0, 0.1) is 17.8 Å². The van der Waals surface area contributed by atoms with Crippen LogP contribution in [0.3, 0.4) is 0 Å². The van der Waals surface area contributed by atoms with Crippen LogP contribution < -0.4 is 4.90 Å². The van der Waals surface area contributed by atoms with Gasteiger partial charge < -0.3 is 9.84 Å². The van der Waals surface area contributed by atoms with Gasteiger partial charge in [0.1, 0.15) is 5.75 Å². The minimum Gasteiger partial charge on any atom is -0.507 e. The number of phenolic OH excluding ortho intramolecular Hbond substituents is 1. The maximum Gasteiger partial charge on any atom is 0.238 e. The van der Waals surface area contributed by atoms with Crippen LogP contribution in [-0.2, 0) is 14.3 Å². The molecule has 2 aliphatic heterocycles. The highest BCUT2D eigenvalue weighted by molar-refractivity contribution is 6.22. The number of anilines is 1. The lowest BCUT2D eigenvalue weighted by atomic mass is 9.69. The number of imide groups is 1. The van der Waals surface area contributed by atoms with Gasteiger partial charge in [-0.15, -0.1) is 0 Å². The smallest absolute Gasteiger partial charge is 0.238 e. The van der Waals surface area contributed by atoms with Gasteiger partial charge in [0.05, 0.1) is 35.9 Å². The SMILES string of the molecule is CCC1=C2[C@@H](CC/C(=C/c3ccccc3O)c3ccccn3)OC[C@@H]2[C@@H]2C(=O)N(c3ccccc3)C(=O)[C@@H]2C1. The Hall–Kier alpha value is -4.03. The first kappa shape index (κ1) is 25.3. The molecule has 6 nitrogen and oxygen atoms in total. The van der Waals surface area contributed by atoms with Gasteiger partial charge in [0, 0.05) is 17.7 Å². The van der Waals surface area contributed by atoms with Crippen molar-refractivity contribution in [3.05, 3.63) is 101 Å². The maximum atomic E-state index is 13.7. The number of fused-ring (bicyclic) bond motifs is 3. The Morgan fingerprint density at radius 3 is 2.51 bits per heavy atom. The number of hydrogen-bond acceptors (Lipinski definition) is 5. The van der Waals surface area contributed by atoms with E-state index in [1.807, 2.05) is 72.8 Å². The molecule has 1 N–H and O–H groups in total. The number of phenols is 1. The standard InChI is InChI=1S/C33H32N2O4/c1-2-21-19-25-31(33(38)35(32(25)37)24-11-4-3-5-12-24)26-20-39-29(30(21)26)16-15-22(27-13-8-9-17-34-27)18-23-10-6-7-14-28(23)36/h3-14,17-18,25-26,29,31,36H,2,15-16,19-20H2,1H3/b22-18-/t25-,26+,29-,31-/m1/s1. The summed E-state index contributed by atoms with van der Waals surface area (Å²) >= 11 is 0. The minimum absolute atomic E-state index is 0.0747. The zero-order chi connectivity index (χ0) is 26.9. The normalized spacial score (nSPS) is 24.7. The van der Waals surface area contributed by atoms with E-state index in [0.29, 0.717) is 25.1 Å². The maximum absolute atomic E-state index is 13.7. The summed E-state index contributed by atoms with van der Waals surface area (Å²) in [5.74, 6) is -0.743. The fourth-order valence-corrected chi connectivity index (χ4v) is 6.55. The van der Waals surface area contributed by atoms with E-state index in [4.69, 9.17) is 4.74 Å². The monoisotopic (exact) mass is 520 g/mol. The average Bonchev–Trinajstić information content (AvgIpc) is 3.50. The van der Waals surface area contributed by atoms with E-state index in [1.54, 1.807) is 12.3 Å². The molecule has 1 aromatic heterocycles. The van der Waals surface area contributed by atoms with Gasteiger partial charge in [-0.2, -0.15) is 0 Å². The van der Waals surface area contributed by atoms with Crippen LogP contribution >= 0.6 is 0 Å². The third-order valence-corrected chi connectivity index (χ3v) is 8.39. The number of carbonyl (C=O) groups is 2. The molecule has 0 saturated carbocycles. The van der Waals surface area contributed by atoms with Crippen molar-refractivity contribution >= 4 is 29.2 Å². The fourth-order valence-electron chi connectivity index (χ4n) is 6.55.